The van der Waals surface area contributed by atoms with Crippen molar-refractivity contribution in [2.24, 2.45) is 0 Å². The molecule has 0 aromatic heterocycles. The van der Waals surface area contributed by atoms with Gasteiger partial charge in [0.2, 0.25) is 0 Å². The standard InChI is InChI=1S/C19H15NO/c20-17-12-11-16(13-21)18(14-7-3-1-4-8-14)19(17)15-9-5-2-6-10-15/h1-13H,20H2. The van der Waals surface area contributed by atoms with Crippen LogP contribution in [0.5, 0.6) is 0 Å². The molecule has 0 bridgehead atoms. The molecule has 0 atom stereocenters. The molecule has 0 aliphatic carbocycles. The second-order valence-electron chi connectivity index (χ2n) is 4.84. The zero-order valence-electron chi connectivity index (χ0n) is 11.5. The molecule has 2 N–H and O–H groups in total. The van der Waals surface area contributed by atoms with E-state index < -0.39 is 0 Å². The molecule has 0 aliphatic heterocycles. The van der Waals surface area contributed by atoms with Gasteiger partial charge < -0.3 is 5.73 Å². The lowest BCUT2D eigenvalue weighted by Crippen LogP contribution is -1.97. The van der Waals surface area contributed by atoms with Crippen LogP contribution in [-0.2, 0) is 0 Å². The molecule has 0 fully saturated rings. The van der Waals surface area contributed by atoms with Crippen LogP contribution >= 0.6 is 0 Å². The highest BCUT2D eigenvalue weighted by atomic mass is 16.1. The van der Waals surface area contributed by atoms with Gasteiger partial charge in [-0.05, 0) is 23.3 Å². The summed E-state index contributed by atoms with van der Waals surface area (Å²) in [5.41, 5.74) is 11.3. The number of anilines is 1. The minimum Gasteiger partial charge on any atom is -0.398 e. The van der Waals surface area contributed by atoms with E-state index >= 15 is 0 Å². The number of nitrogen functional groups attached to an aromatic ring is 1. The summed E-state index contributed by atoms with van der Waals surface area (Å²) in [7, 11) is 0. The minimum atomic E-state index is 0.647. The van der Waals surface area contributed by atoms with Gasteiger partial charge in [0.1, 0.15) is 0 Å². The fraction of sp³-hybridized carbons (Fsp3) is 0. The Bertz CT molecular complexity index is 764. The molecule has 0 amide bonds. The lowest BCUT2D eigenvalue weighted by atomic mass is 9.89. The molecule has 3 aromatic rings. The summed E-state index contributed by atoms with van der Waals surface area (Å²) in [6.07, 6.45) is 0.883. The van der Waals surface area contributed by atoms with E-state index in [1.165, 1.54) is 0 Å². The van der Waals surface area contributed by atoms with Crippen LogP contribution in [0.25, 0.3) is 22.3 Å². The van der Waals surface area contributed by atoms with Crippen LogP contribution in [0, 0.1) is 0 Å². The fourth-order valence-corrected chi connectivity index (χ4v) is 2.56. The molecule has 0 spiro atoms. The summed E-state index contributed by atoms with van der Waals surface area (Å²) >= 11 is 0. The van der Waals surface area contributed by atoms with Gasteiger partial charge >= 0.3 is 0 Å². The lowest BCUT2D eigenvalue weighted by molar-refractivity contribution is 0.112. The Morgan fingerprint density at radius 3 is 1.71 bits per heavy atom. The van der Waals surface area contributed by atoms with E-state index in [2.05, 4.69) is 0 Å². The normalized spacial score (nSPS) is 10.3. The number of hydrogen-bond acceptors (Lipinski definition) is 2. The smallest absolute Gasteiger partial charge is 0.150 e. The first kappa shape index (κ1) is 13.1. The van der Waals surface area contributed by atoms with E-state index in [0.717, 1.165) is 28.5 Å². The maximum atomic E-state index is 11.5. The van der Waals surface area contributed by atoms with Crippen molar-refractivity contribution in [1.29, 1.82) is 0 Å². The highest BCUT2D eigenvalue weighted by molar-refractivity contribution is 6.00. The van der Waals surface area contributed by atoms with Gasteiger partial charge in [0.05, 0.1) is 0 Å². The summed E-state index contributed by atoms with van der Waals surface area (Å²) in [5.74, 6) is 0. The first-order chi connectivity index (χ1) is 10.3. The predicted molar refractivity (Wildman–Crippen MR) is 87.1 cm³/mol. The van der Waals surface area contributed by atoms with Crippen molar-refractivity contribution in [2.75, 3.05) is 5.73 Å². The Kier molecular flexibility index (Phi) is 3.52. The first-order valence-electron chi connectivity index (χ1n) is 6.80. The summed E-state index contributed by atoms with van der Waals surface area (Å²) in [6.45, 7) is 0. The Morgan fingerprint density at radius 2 is 1.19 bits per heavy atom. The first-order valence-corrected chi connectivity index (χ1v) is 6.80. The number of rotatable bonds is 3. The van der Waals surface area contributed by atoms with Crippen LogP contribution in [0.2, 0.25) is 0 Å². The van der Waals surface area contributed by atoms with E-state index in [4.69, 9.17) is 5.73 Å². The van der Waals surface area contributed by atoms with Gasteiger partial charge in [-0.3, -0.25) is 4.79 Å². The molecule has 0 radical (unpaired) electrons. The van der Waals surface area contributed by atoms with Crippen molar-refractivity contribution < 1.29 is 4.79 Å². The van der Waals surface area contributed by atoms with Crippen molar-refractivity contribution in [3.05, 3.63) is 78.4 Å². The molecule has 0 saturated carbocycles. The highest BCUT2D eigenvalue weighted by Gasteiger charge is 2.14. The number of nitrogens with two attached hydrogens (primary N) is 1. The van der Waals surface area contributed by atoms with Crippen molar-refractivity contribution in [3.8, 4) is 22.3 Å². The Balaban J connectivity index is 2.36. The number of benzene rings is 3. The zero-order chi connectivity index (χ0) is 14.7. The maximum absolute atomic E-state index is 11.5. The number of carbonyl (C=O) groups is 1. The Labute approximate surface area is 123 Å². The molecular weight excluding hydrogens is 258 g/mol. The SMILES string of the molecule is Nc1ccc(C=O)c(-c2ccccc2)c1-c1ccccc1. The van der Waals surface area contributed by atoms with Crippen molar-refractivity contribution in [2.45, 2.75) is 0 Å². The van der Waals surface area contributed by atoms with Crippen LogP contribution < -0.4 is 5.73 Å². The molecule has 0 heterocycles. The molecule has 102 valence electrons. The molecule has 0 unspecified atom stereocenters. The van der Waals surface area contributed by atoms with E-state index in [1.807, 2.05) is 60.7 Å². The fourth-order valence-electron chi connectivity index (χ4n) is 2.56. The van der Waals surface area contributed by atoms with Crippen molar-refractivity contribution in [1.82, 2.24) is 0 Å². The van der Waals surface area contributed by atoms with Crippen LogP contribution in [0.3, 0.4) is 0 Å². The van der Waals surface area contributed by atoms with Gasteiger partial charge in [-0.15, -0.1) is 0 Å². The van der Waals surface area contributed by atoms with E-state index in [0.29, 0.717) is 11.3 Å². The van der Waals surface area contributed by atoms with Crippen LogP contribution in [0.4, 0.5) is 5.69 Å². The predicted octanol–water partition coefficient (Wildman–Crippen LogP) is 4.42. The second kappa shape index (κ2) is 5.63. The van der Waals surface area contributed by atoms with Gasteiger partial charge in [0.15, 0.2) is 6.29 Å². The maximum Gasteiger partial charge on any atom is 0.150 e. The average Bonchev–Trinajstić information content (AvgIpc) is 2.56. The monoisotopic (exact) mass is 273 g/mol. The van der Waals surface area contributed by atoms with E-state index in [1.54, 1.807) is 12.1 Å². The average molecular weight is 273 g/mol. The van der Waals surface area contributed by atoms with Gasteiger partial charge in [-0.25, -0.2) is 0 Å². The number of carbonyl (C=O) groups excluding carboxylic acids is 1. The highest BCUT2D eigenvalue weighted by Crippen LogP contribution is 2.38. The Hall–Kier alpha value is -2.87. The molecular formula is C19H15NO. The molecule has 2 heteroatoms. The molecule has 2 nitrogen and oxygen atoms in total. The molecule has 0 saturated heterocycles. The van der Waals surface area contributed by atoms with Gasteiger partial charge in [0, 0.05) is 22.4 Å². The van der Waals surface area contributed by atoms with Crippen LogP contribution in [0.15, 0.2) is 72.8 Å². The summed E-state index contributed by atoms with van der Waals surface area (Å²) in [5, 5.41) is 0. The molecule has 0 aliphatic rings. The van der Waals surface area contributed by atoms with Crippen LogP contribution in [0.1, 0.15) is 10.4 Å². The summed E-state index contributed by atoms with van der Waals surface area (Å²) in [6, 6.07) is 23.3. The van der Waals surface area contributed by atoms with E-state index in [9.17, 15) is 4.79 Å². The molecule has 3 rings (SSSR count). The summed E-state index contributed by atoms with van der Waals surface area (Å²) in [4.78, 5) is 11.5. The quantitative estimate of drug-likeness (QED) is 0.567. The van der Waals surface area contributed by atoms with Crippen molar-refractivity contribution >= 4 is 12.0 Å². The third kappa shape index (κ3) is 2.43. The van der Waals surface area contributed by atoms with Gasteiger partial charge in [0.25, 0.3) is 0 Å². The largest absolute Gasteiger partial charge is 0.398 e. The number of hydrogen-bond donors (Lipinski definition) is 1. The summed E-state index contributed by atoms with van der Waals surface area (Å²) < 4.78 is 0. The lowest BCUT2D eigenvalue weighted by Gasteiger charge is -2.15. The van der Waals surface area contributed by atoms with Gasteiger partial charge in [-0.2, -0.15) is 0 Å². The third-order valence-electron chi connectivity index (χ3n) is 3.52. The minimum absolute atomic E-state index is 0.647. The van der Waals surface area contributed by atoms with Crippen molar-refractivity contribution in [3.63, 3.8) is 0 Å². The topological polar surface area (TPSA) is 43.1 Å². The molecule has 3 aromatic carbocycles. The Morgan fingerprint density at radius 1 is 0.667 bits per heavy atom. The molecule has 21 heavy (non-hydrogen) atoms. The van der Waals surface area contributed by atoms with Gasteiger partial charge in [-0.1, -0.05) is 60.7 Å². The second-order valence-corrected chi connectivity index (χ2v) is 4.84. The number of aldehydes is 1. The van der Waals surface area contributed by atoms with E-state index in [-0.39, 0.29) is 0 Å². The zero-order valence-corrected chi connectivity index (χ0v) is 11.5. The third-order valence-corrected chi connectivity index (χ3v) is 3.52. The van der Waals surface area contributed by atoms with Crippen LogP contribution in [-0.4, -0.2) is 6.29 Å².